The van der Waals surface area contributed by atoms with Crippen molar-refractivity contribution in [1.82, 2.24) is 0 Å². The maximum absolute atomic E-state index is 11.5. The van der Waals surface area contributed by atoms with Crippen LogP contribution in [0.4, 0.5) is 0 Å². The highest BCUT2D eigenvalue weighted by atomic mass is 16.1. The van der Waals surface area contributed by atoms with Crippen LogP contribution in [0.5, 0.6) is 0 Å². The van der Waals surface area contributed by atoms with Gasteiger partial charge in [0.05, 0.1) is 0 Å². The molecule has 0 heterocycles. The molecule has 2 N–H and O–H groups in total. The lowest BCUT2D eigenvalue weighted by molar-refractivity contribution is -0.112. The van der Waals surface area contributed by atoms with Crippen LogP contribution in [-0.4, -0.2) is 5.91 Å². The maximum Gasteiger partial charge on any atom is 0.249 e. The lowest BCUT2D eigenvalue weighted by atomic mass is 9.92. The molecule has 0 atom stereocenters. The van der Waals surface area contributed by atoms with Crippen molar-refractivity contribution in [3.8, 4) is 0 Å². The molecule has 0 bridgehead atoms. The second-order valence-electron chi connectivity index (χ2n) is 4.89. The van der Waals surface area contributed by atoms with Gasteiger partial charge in [0.15, 0.2) is 0 Å². The summed E-state index contributed by atoms with van der Waals surface area (Å²) in [6.07, 6.45) is 13.1. The van der Waals surface area contributed by atoms with E-state index in [1.165, 1.54) is 21.9 Å². The smallest absolute Gasteiger partial charge is 0.249 e. The second kappa shape index (κ2) is 4.39. The molecule has 94 valence electrons. The Morgan fingerprint density at radius 2 is 2.00 bits per heavy atom. The molecule has 2 nitrogen and oxygen atoms in total. The first kappa shape index (κ1) is 11.7. The lowest BCUT2D eigenvalue weighted by Crippen LogP contribution is -2.28. The summed E-state index contributed by atoms with van der Waals surface area (Å²) < 4.78 is 0. The summed E-state index contributed by atoms with van der Waals surface area (Å²) in [4.78, 5) is 11.5. The van der Waals surface area contributed by atoms with E-state index in [4.69, 9.17) is 5.73 Å². The van der Waals surface area contributed by atoms with Gasteiger partial charge in [-0.1, -0.05) is 54.2 Å². The number of primary amides is 1. The van der Waals surface area contributed by atoms with Crippen LogP contribution in [0.1, 0.15) is 18.1 Å². The van der Waals surface area contributed by atoms with Crippen molar-refractivity contribution >= 4 is 23.6 Å². The van der Waals surface area contributed by atoms with Gasteiger partial charge in [-0.3, -0.25) is 4.79 Å². The Morgan fingerprint density at radius 3 is 2.79 bits per heavy atom. The van der Waals surface area contributed by atoms with Gasteiger partial charge in [-0.05, 0) is 34.9 Å². The molecular formula is C17H15NO. The predicted octanol–water partition coefficient (Wildman–Crippen LogP) is 1.19. The van der Waals surface area contributed by atoms with Crippen LogP contribution in [0.25, 0.3) is 17.7 Å². The largest absolute Gasteiger partial charge is 0.366 e. The first-order valence-electron chi connectivity index (χ1n) is 6.36. The summed E-state index contributed by atoms with van der Waals surface area (Å²) in [6.45, 7) is 2.08. The van der Waals surface area contributed by atoms with Crippen molar-refractivity contribution in [2.45, 2.75) is 13.3 Å². The SMILES string of the molecule is CC1=CC=c2ccc3c(c2C=C1)CC=CC=3C(N)=O. The Kier molecular flexibility index (Phi) is 2.71. The van der Waals surface area contributed by atoms with Gasteiger partial charge < -0.3 is 5.73 Å². The fourth-order valence-corrected chi connectivity index (χ4v) is 2.59. The molecule has 1 aromatic carbocycles. The van der Waals surface area contributed by atoms with Gasteiger partial charge in [-0.2, -0.15) is 0 Å². The van der Waals surface area contributed by atoms with Crippen molar-refractivity contribution in [2.75, 3.05) is 0 Å². The number of nitrogens with two attached hydrogens (primary N) is 1. The van der Waals surface area contributed by atoms with Crippen molar-refractivity contribution in [1.29, 1.82) is 0 Å². The fraction of sp³-hybridized carbons (Fsp3) is 0.118. The molecule has 0 saturated carbocycles. The Labute approximate surface area is 111 Å². The molecule has 0 aromatic heterocycles. The van der Waals surface area contributed by atoms with Crippen LogP contribution in [0, 0.1) is 0 Å². The Balaban J connectivity index is 2.38. The maximum atomic E-state index is 11.5. The Morgan fingerprint density at radius 1 is 1.16 bits per heavy atom. The van der Waals surface area contributed by atoms with Crippen LogP contribution >= 0.6 is 0 Å². The van der Waals surface area contributed by atoms with Gasteiger partial charge in [0, 0.05) is 5.57 Å². The van der Waals surface area contributed by atoms with E-state index in [0.29, 0.717) is 5.57 Å². The normalized spacial score (nSPS) is 16.1. The van der Waals surface area contributed by atoms with Gasteiger partial charge in [-0.25, -0.2) is 0 Å². The minimum atomic E-state index is -0.368. The van der Waals surface area contributed by atoms with E-state index in [9.17, 15) is 4.79 Å². The van der Waals surface area contributed by atoms with Gasteiger partial charge in [0.1, 0.15) is 0 Å². The van der Waals surface area contributed by atoms with E-state index < -0.39 is 0 Å². The number of benzene rings is 1. The van der Waals surface area contributed by atoms with Crippen LogP contribution in [0.3, 0.4) is 0 Å². The number of allylic oxidation sites excluding steroid dienone is 4. The highest BCUT2D eigenvalue weighted by Crippen LogP contribution is 2.13. The van der Waals surface area contributed by atoms with Crippen molar-refractivity contribution < 1.29 is 4.79 Å². The summed E-state index contributed by atoms with van der Waals surface area (Å²) in [5, 5.41) is 2.15. The van der Waals surface area contributed by atoms with Gasteiger partial charge in [-0.15, -0.1) is 0 Å². The number of hydrogen-bond acceptors (Lipinski definition) is 1. The van der Waals surface area contributed by atoms with E-state index in [2.05, 4.69) is 37.3 Å². The van der Waals surface area contributed by atoms with Gasteiger partial charge in [0.25, 0.3) is 0 Å². The average molecular weight is 249 g/mol. The van der Waals surface area contributed by atoms with E-state index in [1.807, 2.05) is 18.2 Å². The number of rotatable bonds is 1. The summed E-state index contributed by atoms with van der Waals surface area (Å²) >= 11 is 0. The predicted molar refractivity (Wildman–Crippen MR) is 78.4 cm³/mol. The first-order valence-corrected chi connectivity index (χ1v) is 6.36. The molecular weight excluding hydrogens is 234 g/mol. The summed E-state index contributed by atoms with van der Waals surface area (Å²) in [5.41, 5.74) is 9.64. The lowest BCUT2D eigenvalue weighted by Gasteiger charge is -2.12. The summed E-state index contributed by atoms with van der Waals surface area (Å²) in [7, 11) is 0. The Bertz CT molecular complexity index is 776. The minimum absolute atomic E-state index is 0.368. The molecule has 1 aromatic rings. The van der Waals surface area contributed by atoms with E-state index in [1.54, 1.807) is 0 Å². The summed E-state index contributed by atoms with van der Waals surface area (Å²) in [6, 6.07) is 4.05. The zero-order valence-electron chi connectivity index (χ0n) is 10.8. The molecule has 0 radical (unpaired) electrons. The molecule has 2 heteroatoms. The fourth-order valence-electron chi connectivity index (χ4n) is 2.59. The van der Waals surface area contributed by atoms with Crippen LogP contribution < -0.4 is 16.2 Å². The molecule has 1 amide bonds. The zero-order chi connectivity index (χ0) is 13.4. The second-order valence-corrected chi connectivity index (χ2v) is 4.89. The number of carbonyl (C=O) groups is 1. The number of amides is 1. The highest BCUT2D eigenvalue weighted by Gasteiger charge is 2.12. The summed E-state index contributed by atoms with van der Waals surface area (Å²) in [5.74, 6) is -0.368. The van der Waals surface area contributed by atoms with Crippen LogP contribution in [-0.2, 0) is 11.2 Å². The highest BCUT2D eigenvalue weighted by molar-refractivity contribution is 6.16. The molecule has 0 aliphatic heterocycles. The van der Waals surface area contributed by atoms with E-state index >= 15 is 0 Å². The molecule has 0 spiro atoms. The van der Waals surface area contributed by atoms with E-state index in [-0.39, 0.29) is 5.91 Å². The quantitative estimate of drug-likeness (QED) is 0.798. The first-order chi connectivity index (χ1) is 9.16. The van der Waals surface area contributed by atoms with Gasteiger partial charge in [0.2, 0.25) is 5.91 Å². The topological polar surface area (TPSA) is 43.1 Å². The molecule has 0 unspecified atom stereocenters. The molecule has 0 saturated heterocycles. The molecule has 2 aliphatic carbocycles. The van der Waals surface area contributed by atoms with E-state index in [0.717, 1.165) is 11.6 Å². The Hall–Kier alpha value is -2.35. The van der Waals surface area contributed by atoms with Gasteiger partial charge >= 0.3 is 0 Å². The molecule has 19 heavy (non-hydrogen) atoms. The third kappa shape index (κ3) is 1.95. The third-order valence-corrected chi connectivity index (χ3v) is 3.59. The number of carbonyl (C=O) groups excluding carboxylic acids is 1. The average Bonchev–Trinajstić information content (AvgIpc) is 2.60. The van der Waals surface area contributed by atoms with Crippen molar-refractivity contribution in [2.24, 2.45) is 5.73 Å². The monoisotopic (exact) mass is 249 g/mol. The van der Waals surface area contributed by atoms with Crippen LogP contribution in [0.15, 0.2) is 42.0 Å². The minimum Gasteiger partial charge on any atom is -0.366 e. The molecule has 0 fully saturated rings. The standard InChI is InChI=1S/C17H15NO/c1-11-5-7-12-8-10-15-14(13(12)9-6-11)3-2-4-16(15)17(18)19/h2,4-10H,3H2,1H3,(H2,18,19). The third-order valence-electron chi connectivity index (χ3n) is 3.59. The number of fused-ring (bicyclic) bond motifs is 3. The van der Waals surface area contributed by atoms with Crippen LogP contribution in [0.2, 0.25) is 0 Å². The number of hydrogen-bond donors (Lipinski definition) is 1. The molecule has 2 aliphatic rings. The molecule has 3 rings (SSSR count). The van der Waals surface area contributed by atoms with Crippen molar-refractivity contribution in [3.05, 3.63) is 63.6 Å². The van der Waals surface area contributed by atoms with Crippen molar-refractivity contribution in [3.63, 3.8) is 0 Å². The zero-order valence-corrected chi connectivity index (χ0v) is 10.8.